The number of nitrogens with one attached hydrogen (secondary N) is 1. The smallest absolute Gasteiger partial charge is 0.0491 e. The molecule has 144 valence electrons. The number of nitrogens with zero attached hydrogens (tertiary/aromatic N) is 1. The summed E-state index contributed by atoms with van der Waals surface area (Å²) in [5.74, 6) is 0. The fourth-order valence-electron chi connectivity index (χ4n) is 4.18. The third-order valence-electron chi connectivity index (χ3n) is 5.73. The molecule has 0 saturated carbocycles. The van der Waals surface area contributed by atoms with Crippen LogP contribution in [0.4, 0.5) is 0 Å². The maximum atomic E-state index is 4.25. The highest BCUT2D eigenvalue weighted by molar-refractivity contribution is 7.96. The number of fused-ring (bicyclic) bond motifs is 3. The van der Waals surface area contributed by atoms with E-state index in [0.29, 0.717) is 6.04 Å². The Morgan fingerprint density at radius 3 is 2.78 bits per heavy atom. The summed E-state index contributed by atoms with van der Waals surface area (Å²) in [5.41, 5.74) is 9.40. The van der Waals surface area contributed by atoms with Gasteiger partial charge in [-0.25, -0.2) is 0 Å². The summed E-state index contributed by atoms with van der Waals surface area (Å²) < 4.78 is 3.36. The molecule has 0 aliphatic carbocycles. The number of hydrogen-bond acceptors (Lipinski definition) is 3. The lowest BCUT2D eigenvalue weighted by atomic mass is 9.83. The molecule has 2 aliphatic heterocycles. The normalized spacial score (nSPS) is 18.6. The quantitative estimate of drug-likeness (QED) is 0.462. The zero-order chi connectivity index (χ0) is 19.4. The lowest BCUT2D eigenvalue weighted by Gasteiger charge is -2.41. The average molecular weight is 381 g/mol. The molecule has 1 N–H and O–H groups in total. The van der Waals surface area contributed by atoms with Gasteiger partial charge >= 0.3 is 0 Å². The Balaban J connectivity index is 1.98. The Morgan fingerprint density at radius 2 is 2.11 bits per heavy atom. The summed E-state index contributed by atoms with van der Waals surface area (Å²) >= 11 is 1.70. The Morgan fingerprint density at radius 1 is 1.30 bits per heavy atom. The van der Waals surface area contributed by atoms with Crippen LogP contribution in [0.3, 0.4) is 0 Å². The Bertz CT molecular complexity index is 788. The highest BCUT2D eigenvalue weighted by Gasteiger charge is 2.30. The first-order valence-corrected chi connectivity index (χ1v) is 11.3. The Labute approximate surface area is 169 Å². The standard InChI is InChI=1S/C24H32N2S/c1-6-18-15-23-21(13-20(18)10-9-11-25-27-5)14-22(8-3)26-16-19(7-2)17(4)12-24(23)26/h7,12-13,15-16,22,25H,2,4,6,8-11,14H2,1,3,5H3. The summed E-state index contributed by atoms with van der Waals surface area (Å²) in [7, 11) is 0. The molecule has 2 nitrogen and oxygen atoms in total. The second-order valence-corrected chi connectivity index (χ2v) is 8.05. The molecule has 3 rings (SSSR count). The maximum absolute atomic E-state index is 4.25. The molecular formula is C24H32N2S. The summed E-state index contributed by atoms with van der Waals surface area (Å²) in [6.45, 7) is 13.8. The van der Waals surface area contributed by atoms with Crippen molar-refractivity contribution < 1.29 is 0 Å². The predicted octanol–water partition coefficient (Wildman–Crippen LogP) is 5.67. The maximum Gasteiger partial charge on any atom is 0.0491 e. The van der Waals surface area contributed by atoms with Crippen LogP contribution < -0.4 is 4.72 Å². The van der Waals surface area contributed by atoms with E-state index in [-0.39, 0.29) is 0 Å². The van der Waals surface area contributed by atoms with Crippen molar-refractivity contribution in [2.24, 2.45) is 0 Å². The molecule has 0 amide bonds. The van der Waals surface area contributed by atoms with Crippen molar-refractivity contribution in [3.05, 3.63) is 77.0 Å². The van der Waals surface area contributed by atoms with E-state index in [2.05, 4.69) is 67.3 Å². The molecule has 0 aromatic heterocycles. The van der Waals surface area contributed by atoms with Crippen LogP contribution in [0.25, 0.3) is 5.70 Å². The van der Waals surface area contributed by atoms with E-state index in [0.717, 1.165) is 43.4 Å². The summed E-state index contributed by atoms with van der Waals surface area (Å²) in [6.07, 6.45) is 14.2. The molecule has 27 heavy (non-hydrogen) atoms. The minimum absolute atomic E-state index is 0.505. The van der Waals surface area contributed by atoms with Crippen molar-refractivity contribution >= 4 is 17.6 Å². The number of aryl methyl sites for hydroxylation is 2. The lowest BCUT2D eigenvalue weighted by molar-refractivity contribution is 0.353. The zero-order valence-corrected chi connectivity index (χ0v) is 17.8. The van der Waals surface area contributed by atoms with E-state index in [1.807, 2.05) is 6.08 Å². The molecule has 0 saturated heterocycles. The van der Waals surface area contributed by atoms with Crippen molar-refractivity contribution in [3.63, 3.8) is 0 Å². The molecule has 2 aliphatic rings. The fourth-order valence-corrected chi connectivity index (χ4v) is 4.53. The minimum Gasteiger partial charge on any atom is -0.343 e. The number of allylic oxidation sites excluding steroid dienone is 4. The largest absolute Gasteiger partial charge is 0.343 e. The zero-order valence-electron chi connectivity index (χ0n) is 17.0. The van der Waals surface area contributed by atoms with Gasteiger partial charge in [-0.1, -0.05) is 51.1 Å². The van der Waals surface area contributed by atoms with Crippen molar-refractivity contribution in [2.75, 3.05) is 12.8 Å². The molecule has 0 radical (unpaired) electrons. The van der Waals surface area contributed by atoms with Gasteiger partial charge in [0.1, 0.15) is 0 Å². The molecule has 0 spiro atoms. The number of hydrogen-bond donors (Lipinski definition) is 1. The van der Waals surface area contributed by atoms with Crippen LogP contribution >= 0.6 is 11.9 Å². The molecule has 1 aromatic carbocycles. The van der Waals surface area contributed by atoms with Gasteiger partial charge in [-0.2, -0.15) is 0 Å². The first-order chi connectivity index (χ1) is 13.1. The average Bonchev–Trinajstić information content (AvgIpc) is 2.69. The molecule has 0 fully saturated rings. The van der Waals surface area contributed by atoms with E-state index in [9.17, 15) is 0 Å². The summed E-state index contributed by atoms with van der Waals surface area (Å²) in [5, 5.41) is 0. The molecule has 3 heteroatoms. The Hall–Kier alpha value is -1.71. The van der Waals surface area contributed by atoms with E-state index in [1.54, 1.807) is 11.9 Å². The lowest BCUT2D eigenvalue weighted by Crippen LogP contribution is -2.37. The molecule has 1 aromatic rings. The van der Waals surface area contributed by atoms with Gasteiger partial charge in [0.15, 0.2) is 0 Å². The molecule has 1 unspecified atom stereocenters. The second-order valence-electron chi connectivity index (χ2n) is 7.35. The van der Waals surface area contributed by atoms with Gasteiger partial charge in [0.25, 0.3) is 0 Å². The van der Waals surface area contributed by atoms with Gasteiger partial charge < -0.3 is 4.90 Å². The predicted molar refractivity (Wildman–Crippen MR) is 121 cm³/mol. The van der Waals surface area contributed by atoms with E-state index in [1.165, 1.54) is 34.4 Å². The van der Waals surface area contributed by atoms with Crippen LogP contribution in [-0.4, -0.2) is 23.7 Å². The summed E-state index contributed by atoms with van der Waals surface area (Å²) in [6, 6.07) is 5.44. The van der Waals surface area contributed by atoms with Gasteiger partial charge in [0.2, 0.25) is 0 Å². The van der Waals surface area contributed by atoms with Gasteiger partial charge in [0, 0.05) is 30.0 Å². The Kier molecular flexibility index (Phi) is 6.67. The molecular weight excluding hydrogens is 348 g/mol. The van der Waals surface area contributed by atoms with Crippen LogP contribution in [0, 0.1) is 0 Å². The topological polar surface area (TPSA) is 15.3 Å². The first-order valence-electron chi connectivity index (χ1n) is 10.1. The first kappa shape index (κ1) is 20.0. The fraction of sp³-hybridized carbons (Fsp3) is 0.417. The van der Waals surface area contributed by atoms with Crippen molar-refractivity contribution in [1.29, 1.82) is 0 Å². The summed E-state index contributed by atoms with van der Waals surface area (Å²) in [4.78, 5) is 2.45. The SMILES string of the molecule is C=CC1=CN2C(=CC1=C)c1cc(CC)c(CCCNSC)cc1CC2CC. The van der Waals surface area contributed by atoms with Crippen LogP contribution in [0.1, 0.15) is 48.9 Å². The number of rotatable bonds is 8. The van der Waals surface area contributed by atoms with Gasteiger partial charge in [-0.15, -0.1) is 0 Å². The van der Waals surface area contributed by atoms with Crippen LogP contribution in [0.5, 0.6) is 0 Å². The van der Waals surface area contributed by atoms with Crippen LogP contribution in [0.15, 0.2) is 54.8 Å². The third-order valence-corrected chi connectivity index (χ3v) is 6.22. The van der Waals surface area contributed by atoms with Gasteiger partial charge in [-0.3, -0.25) is 4.72 Å². The second kappa shape index (κ2) is 8.99. The number of benzene rings is 1. The van der Waals surface area contributed by atoms with Crippen LogP contribution in [-0.2, 0) is 19.3 Å². The van der Waals surface area contributed by atoms with Crippen LogP contribution in [0.2, 0.25) is 0 Å². The highest BCUT2D eigenvalue weighted by Crippen LogP contribution is 2.40. The third kappa shape index (κ3) is 4.09. The van der Waals surface area contributed by atoms with Gasteiger partial charge in [-0.05, 0) is 78.3 Å². The van der Waals surface area contributed by atoms with E-state index in [4.69, 9.17) is 0 Å². The van der Waals surface area contributed by atoms with E-state index < -0.39 is 0 Å². The van der Waals surface area contributed by atoms with Crippen molar-refractivity contribution in [1.82, 2.24) is 9.62 Å². The molecule has 1 atom stereocenters. The van der Waals surface area contributed by atoms with Gasteiger partial charge in [0.05, 0.1) is 0 Å². The van der Waals surface area contributed by atoms with Crippen molar-refractivity contribution in [3.8, 4) is 0 Å². The monoisotopic (exact) mass is 380 g/mol. The molecule has 0 bridgehead atoms. The highest BCUT2D eigenvalue weighted by atomic mass is 32.2. The van der Waals surface area contributed by atoms with Crippen molar-refractivity contribution in [2.45, 2.75) is 52.0 Å². The molecule has 2 heterocycles. The van der Waals surface area contributed by atoms with E-state index >= 15 is 0 Å². The minimum atomic E-state index is 0.505.